The highest BCUT2D eigenvalue weighted by Gasteiger charge is 2.23. The van der Waals surface area contributed by atoms with E-state index in [2.05, 4.69) is 5.10 Å². The molecule has 0 radical (unpaired) electrons. The molecule has 0 atom stereocenters. The summed E-state index contributed by atoms with van der Waals surface area (Å²) in [6.45, 7) is 8.06. The maximum Gasteiger partial charge on any atom is 0.243 e. The molecule has 0 fully saturated rings. The van der Waals surface area contributed by atoms with Crippen LogP contribution < -0.4 is 0 Å². The third kappa shape index (κ3) is 2.94. The Hall–Kier alpha value is -1.66. The van der Waals surface area contributed by atoms with Crippen molar-refractivity contribution >= 4 is 10.0 Å². The molecule has 0 spiro atoms. The summed E-state index contributed by atoms with van der Waals surface area (Å²) in [5.74, 6) is 0. The highest BCUT2D eigenvalue weighted by atomic mass is 32.2. The van der Waals surface area contributed by atoms with Crippen molar-refractivity contribution in [3.05, 3.63) is 46.3 Å². The SMILES string of the molecule is Cc1ccc(S(=O)(=O)N(C)Cc2c(C)nn(C)c2C)cc1C. The zero-order chi connectivity index (χ0) is 16.7. The van der Waals surface area contributed by atoms with E-state index in [4.69, 9.17) is 0 Å². The van der Waals surface area contributed by atoms with Gasteiger partial charge in [-0.25, -0.2) is 8.42 Å². The minimum atomic E-state index is -3.50. The summed E-state index contributed by atoms with van der Waals surface area (Å²) in [5.41, 5.74) is 4.86. The van der Waals surface area contributed by atoms with Gasteiger partial charge in [-0.2, -0.15) is 9.40 Å². The van der Waals surface area contributed by atoms with Gasteiger partial charge in [0.1, 0.15) is 0 Å². The molecule has 0 aliphatic rings. The minimum Gasteiger partial charge on any atom is -0.272 e. The molecule has 1 aromatic carbocycles. The Balaban J connectivity index is 2.35. The Labute approximate surface area is 132 Å². The van der Waals surface area contributed by atoms with Crippen LogP contribution in [0, 0.1) is 27.7 Å². The molecule has 0 saturated carbocycles. The Morgan fingerprint density at radius 3 is 2.27 bits per heavy atom. The molecule has 120 valence electrons. The highest BCUT2D eigenvalue weighted by molar-refractivity contribution is 7.89. The van der Waals surface area contributed by atoms with E-state index in [-0.39, 0.29) is 0 Å². The lowest BCUT2D eigenvalue weighted by molar-refractivity contribution is 0.465. The van der Waals surface area contributed by atoms with Crippen molar-refractivity contribution < 1.29 is 8.42 Å². The van der Waals surface area contributed by atoms with Gasteiger partial charge in [-0.15, -0.1) is 0 Å². The van der Waals surface area contributed by atoms with Crippen LogP contribution in [0.2, 0.25) is 0 Å². The molecular formula is C16H23N3O2S. The van der Waals surface area contributed by atoms with Crippen LogP contribution in [0.3, 0.4) is 0 Å². The fraction of sp³-hybridized carbons (Fsp3) is 0.438. The number of benzene rings is 1. The second kappa shape index (κ2) is 5.85. The molecular weight excluding hydrogens is 298 g/mol. The molecule has 2 aromatic rings. The molecule has 22 heavy (non-hydrogen) atoms. The van der Waals surface area contributed by atoms with Crippen molar-refractivity contribution in [3.63, 3.8) is 0 Å². The second-order valence-electron chi connectivity index (χ2n) is 5.78. The first-order chi connectivity index (χ1) is 10.1. The van der Waals surface area contributed by atoms with Gasteiger partial charge in [-0.05, 0) is 51.0 Å². The summed E-state index contributed by atoms with van der Waals surface area (Å²) < 4.78 is 28.6. The van der Waals surface area contributed by atoms with Crippen LogP contribution in [0.25, 0.3) is 0 Å². The minimum absolute atomic E-state index is 0.320. The normalized spacial score (nSPS) is 12.1. The Bertz CT molecular complexity index is 807. The fourth-order valence-corrected chi connectivity index (χ4v) is 3.63. The molecule has 1 aromatic heterocycles. The average Bonchev–Trinajstić information content (AvgIpc) is 2.68. The predicted octanol–water partition coefficient (Wildman–Crippen LogP) is 2.47. The average molecular weight is 321 g/mol. The van der Waals surface area contributed by atoms with Crippen LogP contribution in [0.5, 0.6) is 0 Å². The van der Waals surface area contributed by atoms with Crippen molar-refractivity contribution in [1.82, 2.24) is 14.1 Å². The van der Waals surface area contributed by atoms with E-state index < -0.39 is 10.0 Å². The van der Waals surface area contributed by atoms with Gasteiger partial charge in [0.2, 0.25) is 10.0 Å². The molecule has 0 N–H and O–H groups in total. The number of hydrogen-bond acceptors (Lipinski definition) is 3. The van der Waals surface area contributed by atoms with Gasteiger partial charge in [0, 0.05) is 31.9 Å². The van der Waals surface area contributed by atoms with E-state index in [1.54, 1.807) is 23.9 Å². The number of aromatic nitrogens is 2. The van der Waals surface area contributed by atoms with Crippen LogP contribution >= 0.6 is 0 Å². The van der Waals surface area contributed by atoms with Crippen molar-refractivity contribution in [2.45, 2.75) is 39.1 Å². The third-order valence-electron chi connectivity index (χ3n) is 4.23. The van der Waals surface area contributed by atoms with Gasteiger partial charge in [-0.3, -0.25) is 4.68 Å². The Kier molecular flexibility index (Phi) is 4.44. The largest absolute Gasteiger partial charge is 0.272 e. The molecule has 0 aliphatic carbocycles. The second-order valence-corrected chi connectivity index (χ2v) is 7.83. The molecule has 0 aliphatic heterocycles. The zero-order valence-corrected chi connectivity index (χ0v) is 14.8. The van der Waals surface area contributed by atoms with Gasteiger partial charge < -0.3 is 0 Å². The first-order valence-electron chi connectivity index (χ1n) is 7.17. The van der Waals surface area contributed by atoms with Crippen molar-refractivity contribution in [1.29, 1.82) is 0 Å². The van der Waals surface area contributed by atoms with Crippen LogP contribution in [0.15, 0.2) is 23.1 Å². The lowest BCUT2D eigenvalue weighted by Gasteiger charge is -2.18. The first-order valence-corrected chi connectivity index (χ1v) is 8.61. The molecule has 0 bridgehead atoms. The first kappa shape index (κ1) is 16.7. The molecule has 1 heterocycles. The maximum atomic E-state index is 12.7. The third-order valence-corrected chi connectivity index (χ3v) is 6.03. The summed E-state index contributed by atoms with van der Waals surface area (Å²) in [4.78, 5) is 0.331. The lowest BCUT2D eigenvalue weighted by atomic mass is 10.1. The highest BCUT2D eigenvalue weighted by Crippen LogP contribution is 2.21. The molecule has 5 nitrogen and oxygen atoms in total. The lowest BCUT2D eigenvalue weighted by Crippen LogP contribution is -2.27. The number of sulfonamides is 1. The van der Waals surface area contributed by atoms with Gasteiger partial charge in [0.15, 0.2) is 0 Å². The summed E-state index contributed by atoms with van der Waals surface area (Å²) >= 11 is 0. The van der Waals surface area contributed by atoms with Gasteiger partial charge >= 0.3 is 0 Å². The topological polar surface area (TPSA) is 55.2 Å². The van der Waals surface area contributed by atoms with Crippen LogP contribution in [0.4, 0.5) is 0 Å². The predicted molar refractivity (Wildman–Crippen MR) is 87.3 cm³/mol. The van der Waals surface area contributed by atoms with Gasteiger partial charge in [0.05, 0.1) is 10.6 Å². The van der Waals surface area contributed by atoms with E-state index in [0.29, 0.717) is 11.4 Å². The Morgan fingerprint density at radius 2 is 1.77 bits per heavy atom. The molecule has 0 saturated heterocycles. The number of aryl methyl sites for hydroxylation is 4. The monoisotopic (exact) mass is 321 g/mol. The number of rotatable bonds is 4. The smallest absolute Gasteiger partial charge is 0.243 e. The van der Waals surface area contributed by atoms with Crippen molar-refractivity contribution in [2.75, 3.05) is 7.05 Å². The number of hydrogen-bond donors (Lipinski definition) is 0. The van der Waals surface area contributed by atoms with E-state index in [9.17, 15) is 8.42 Å². The standard InChI is InChI=1S/C16H23N3O2S/c1-11-7-8-15(9-12(11)2)22(20,21)18(5)10-16-13(3)17-19(6)14(16)4/h7-9H,10H2,1-6H3. The van der Waals surface area contributed by atoms with Crippen LogP contribution in [-0.2, 0) is 23.6 Å². The fourth-order valence-electron chi connectivity index (χ4n) is 2.41. The quantitative estimate of drug-likeness (QED) is 0.869. The molecule has 0 amide bonds. The van der Waals surface area contributed by atoms with E-state index >= 15 is 0 Å². The van der Waals surface area contributed by atoms with E-state index in [1.165, 1.54) is 4.31 Å². The Morgan fingerprint density at radius 1 is 1.14 bits per heavy atom. The maximum absolute atomic E-state index is 12.7. The van der Waals surface area contributed by atoms with E-state index in [1.807, 2.05) is 40.8 Å². The zero-order valence-electron chi connectivity index (χ0n) is 14.0. The summed E-state index contributed by atoms with van der Waals surface area (Å²) in [6.07, 6.45) is 0. The van der Waals surface area contributed by atoms with Crippen molar-refractivity contribution in [3.8, 4) is 0 Å². The van der Waals surface area contributed by atoms with Crippen LogP contribution in [-0.4, -0.2) is 29.6 Å². The summed E-state index contributed by atoms with van der Waals surface area (Å²) in [6, 6.07) is 5.23. The van der Waals surface area contributed by atoms with Crippen LogP contribution in [0.1, 0.15) is 28.1 Å². The van der Waals surface area contributed by atoms with Gasteiger partial charge in [0.25, 0.3) is 0 Å². The van der Waals surface area contributed by atoms with Gasteiger partial charge in [-0.1, -0.05) is 6.07 Å². The van der Waals surface area contributed by atoms with Crippen molar-refractivity contribution in [2.24, 2.45) is 7.05 Å². The molecule has 6 heteroatoms. The summed E-state index contributed by atoms with van der Waals surface area (Å²) in [5, 5.41) is 4.34. The molecule has 0 unspecified atom stereocenters. The molecule has 2 rings (SSSR count). The van der Waals surface area contributed by atoms with E-state index in [0.717, 1.165) is 28.1 Å². The number of nitrogens with zero attached hydrogens (tertiary/aromatic N) is 3. The summed E-state index contributed by atoms with van der Waals surface area (Å²) in [7, 11) is -0.0321.